The molecule has 2 aromatic carbocycles. The normalized spacial score (nSPS) is 19.2. The predicted octanol–water partition coefficient (Wildman–Crippen LogP) is 4.06. The molecule has 2 aromatic rings. The molecule has 0 aromatic heterocycles. The van der Waals surface area contributed by atoms with Crippen LogP contribution in [0.25, 0.3) is 0 Å². The summed E-state index contributed by atoms with van der Waals surface area (Å²) in [5.74, 6) is -0.173. The highest BCUT2D eigenvalue weighted by Gasteiger charge is 2.26. The van der Waals surface area contributed by atoms with Crippen molar-refractivity contribution in [2.45, 2.75) is 12.5 Å². The van der Waals surface area contributed by atoms with Crippen LogP contribution in [0.4, 0.5) is 4.39 Å². The second-order valence-electron chi connectivity index (χ2n) is 5.03. The quantitative estimate of drug-likeness (QED) is 0.759. The lowest BCUT2D eigenvalue weighted by molar-refractivity contribution is 0.264. The van der Waals surface area contributed by atoms with Crippen LogP contribution in [0.1, 0.15) is 22.7 Å². The van der Waals surface area contributed by atoms with E-state index in [0.717, 1.165) is 29.1 Å². The van der Waals surface area contributed by atoms with Gasteiger partial charge >= 0.3 is 0 Å². The Morgan fingerprint density at radius 2 is 1.89 bits per heavy atom. The maximum absolute atomic E-state index is 13.5. The van der Waals surface area contributed by atoms with Gasteiger partial charge in [-0.2, -0.15) is 0 Å². The molecule has 1 unspecified atom stereocenters. The van der Waals surface area contributed by atoms with Crippen LogP contribution in [0.5, 0.6) is 0 Å². The third-order valence-electron chi connectivity index (χ3n) is 3.76. The van der Waals surface area contributed by atoms with E-state index in [9.17, 15) is 4.39 Å². The van der Waals surface area contributed by atoms with Gasteiger partial charge in [-0.3, -0.25) is 4.90 Å². The summed E-state index contributed by atoms with van der Waals surface area (Å²) < 4.78 is 13.5. The average Bonchev–Trinajstić information content (AvgIpc) is 2.40. The second-order valence-corrected chi connectivity index (χ2v) is 5.46. The first-order valence-electron chi connectivity index (χ1n) is 6.39. The van der Waals surface area contributed by atoms with Gasteiger partial charge in [-0.15, -0.1) is 0 Å². The molecule has 1 atom stereocenters. The topological polar surface area (TPSA) is 3.24 Å². The molecule has 3 heteroatoms. The van der Waals surface area contributed by atoms with Crippen molar-refractivity contribution in [3.05, 3.63) is 70.0 Å². The maximum Gasteiger partial charge on any atom is 0.123 e. The molecule has 0 radical (unpaired) electrons. The summed E-state index contributed by atoms with van der Waals surface area (Å²) in [7, 11) is 2.08. The Bertz CT molecular complexity index is 594. The molecular weight excluding hydrogens is 261 g/mol. The van der Waals surface area contributed by atoms with Crippen molar-refractivity contribution >= 4 is 11.6 Å². The predicted molar refractivity (Wildman–Crippen MR) is 76.0 cm³/mol. The Labute approximate surface area is 117 Å². The molecule has 0 saturated heterocycles. The van der Waals surface area contributed by atoms with Crippen molar-refractivity contribution in [2.24, 2.45) is 0 Å². The highest BCUT2D eigenvalue weighted by atomic mass is 35.5. The summed E-state index contributed by atoms with van der Waals surface area (Å²) in [5, 5.41) is 0.724. The summed E-state index contributed by atoms with van der Waals surface area (Å²) in [6, 6.07) is 13.0. The molecule has 1 nitrogen and oxygen atoms in total. The fourth-order valence-electron chi connectivity index (χ4n) is 2.79. The number of rotatable bonds is 1. The zero-order chi connectivity index (χ0) is 13.4. The van der Waals surface area contributed by atoms with Crippen molar-refractivity contribution in [1.82, 2.24) is 4.90 Å². The van der Waals surface area contributed by atoms with Gasteiger partial charge in [0.25, 0.3) is 0 Å². The minimum atomic E-state index is -0.173. The highest BCUT2D eigenvalue weighted by Crippen LogP contribution is 2.34. The Kier molecular flexibility index (Phi) is 3.29. The molecule has 98 valence electrons. The van der Waals surface area contributed by atoms with Gasteiger partial charge in [0.05, 0.1) is 6.04 Å². The zero-order valence-electron chi connectivity index (χ0n) is 10.7. The monoisotopic (exact) mass is 275 g/mol. The molecule has 0 amide bonds. The van der Waals surface area contributed by atoms with Crippen LogP contribution in [-0.4, -0.2) is 18.5 Å². The van der Waals surface area contributed by atoms with E-state index in [2.05, 4.69) is 11.9 Å². The SMILES string of the molecule is CN1CCc2ccc(F)cc2C1c1ccc(Cl)cc1. The molecule has 0 aliphatic carbocycles. The minimum absolute atomic E-state index is 0.108. The second kappa shape index (κ2) is 4.95. The first-order chi connectivity index (χ1) is 9.15. The number of hydrogen-bond acceptors (Lipinski definition) is 1. The molecule has 0 bridgehead atoms. The molecule has 1 aliphatic heterocycles. The highest BCUT2D eigenvalue weighted by molar-refractivity contribution is 6.30. The van der Waals surface area contributed by atoms with Gasteiger partial charge < -0.3 is 0 Å². The van der Waals surface area contributed by atoms with Crippen LogP contribution in [0.15, 0.2) is 42.5 Å². The maximum atomic E-state index is 13.5. The third kappa shape index (κ3) is 2.38. The molecular formula is C16H15ClFN. The van der Waals surface area contributed by atoms with Gasteiger partial charge in [-0.25, -0.2) is 4.39 Å². The van der Waals surface area contributed by atoms with Crippen LogP contribution in [0, 0.1) is 5.82 Å². The number of fused-ring (bicyclic) bond motifs is 1. The standard InChI is InChI=1S/C16H15ClFN/c1-19-9-8-11-4-7-14(18)10-15(11)16(19)12-2-5-13(17)6-3-12/h2-7,10,16H,8-9H2,1H3. The molecule has 0 N–H and O–H groups in total. The number of likely N-dealkylation sites (N-methyl/N-ethyl adjacent to an activating group) is 1. The largest absolute Gasteiger partial charge is 0.295 e. The minimum Gasteiger partial charge on any atom is -0.295 e. The summed E-state index contributed by atoms with van der Waals surface area (Å²) in [6.45, 7) is 0.978. The van der Waals surface area contributed by atoms with Crippen LogP contribution >= 0.6 is 11.6 Å². The summed E-state index contributed by atoms with van der Waals surface area (Å²) in [5.41, 5.74) is 3.45. The van der Waals surface area contributed by atoms with Crippen molar-refractivity contribution in [3.63, 3.8) is 0 Å². The van der Waals surface area contributed by atoms with Gasteiger partial charge in [0.1, 0.15) is 5.82 Å². The van der Waals surface area contributed by atoms with E-state index in [1.807, 2.05) is 30.3 Å². The van der Waals surface area contributed by atoms with Gasteiger partial charge in [0.15, 0.2) is 0 Å². The molecule has 1 heterocycles. The van der Waals surface area contributed by atoms with Gasteiger partial charge in [-0.05, 0) is 54.4 Å². The van der Waals surface area contributed by atoms with E-state index < -0.39 is 0 Å². The number of halogens is 2. The molecule has 3 rings (SSSR count). The third-order valence-corrected chi connectivity index (χ3v) is 4.01. The van der Waals surface area contributed by atoms with Crippen LogP contribution < -0.4 is 0 Å². The van der Waals surface area contributed by atoms with E-state index in [0.29, 0.717) is 0 Å². The smallest absolute Gasteiger partial charge is 0.123 e. The van der Waals surface area contributed by atoms with Crippen molar-refractivity contribution < 1.29 is 4.39 Å². The molecule has 1 aliphatic rings. The Hall–Kier alpha value is -1.38. The summed E-state index contributed by atoms with van der Waals surface area (Å²) >= 11 is 5.94. The molecule has 0 saturated carbocycles. The van der Waals surface area contributed by atoms with Crippen molar-refractivity contribution in [1.29, 1.82) is 0 Å². The van der Waals surface area contributed by atoms with Crippen molar-refractivity contribution in [2.75, 3.05) is 13.6 Å². The van der Waals surface area contributed by atoms with E-state index in [4.69, 9.17) is 11.6 Å². The first-order valence-corrected chi connectivity index (χ1v) is 6.77. The van der Waals surface area contributed by atoms with Gasteiger partial charge in [0.2, 0.25) is 0 Å². The zero-order valence-corrected chi connectivity index (χ0v) is 11.5. The molecule has 0 spiro atoms. The van der Waals surface area contributed by atoms with E-state index in [1.165, 1.54) is 5.56 Å². The van der Waals surface area contributed by atoms with Gasteiger partial charge in [-0.1, -0.05) is 29.8 Å². The molecule has 0 fully saturated rings. The number of hydrogen-bond donors (Lipinski definition) is 0. The van der Waals surface area contributed by atoms with Crippen molar-refractivity contribution in [3.8, 4) is 0 Å². The number of benzene rings is 2. The average molecular weight is 276 g/mol. The van der Waals surface area contributed by atoms with E-state index in [-0.39, 0.29) is 11.9 Å². The first kappa shape index (κ1) is 12.6. The number of nitrogens with zero attached hydrogens (tertiary/aromatic N) is 1. The fourth-order valence-corrected chi connectivity index (χ4v) is 2.92. The van der Waals surface area contributed by atoms with Gasteiger partial charge in [0, 0.05) is 11.6 Å². The van der Waals surface area contributed by atoms with Crippen LogP contribution in [-0.2, 0) is 6.42 Å². The Morgan fingerprint density at radius 1 is 1.16 bits per heavy atom. The van der Waals surface area contributed by atoms with E-state index >= 15 is 0 Å². The lowest BCUT2D eigenvalue weighted by Crippen LogP contribution is -2.32. The van der Waals surface area contributed by atoms with Crippen LogP contribution in [0.2, 0.25) is 5.02 Å². The van der Waals surface area contributed by atoms with Crippen LogP contribution in [0.3, 0.4) is 0 Å². The Morgan fingerprint density at radius 3 is 2.63 bits per heavy atom. The lowest BCUT2D eigenvalue weighted by Gasteiger charge is -2.35. The fraction of sp³-hybridized carbons (Fsp3) is 0.250. The van der Waals surface area contributed by atoms with E-state index in [1.54, 1.807) is 12.1 Å². The lowest BCUT2D eigenvalue weighted by atomic mass is 9.88. The summed E-state index contributed by atoms with van der Waals surface area (Å²) in [4.78, 5) is 2.25. The summed E-state index contributed by atoms with van der Waals surface area (Å²) in [6.07, 6.45) is 0.968. The molecule has 19 heavy (non-hydrogen) atoms. The Balaban J connectivity index is 2.10.